The fourth-order valence-electron chi connectivity index (χ4n) is 1.63. The van der Waals surface area contributed by atoms with Crippen LogP contribution in [0.25, 0.3) is 0 Å². The van der Waals surface area contributed by atoms with Gasteiger partial charge in [-0.2, -0.15) is 0 Å². The molecule has 0 aliphatic heterocycles. The Bertz CT molecular complexity index is 303. The Morgan fingerprint density at radius 2 is 2.00 bits per heavy atom. The lowest BCUT2D eigenvalue weighted by atomic mass is 10.0. The van der Waals surface area contributed by atoms with E-state index >= 15 is 0 Å². The molecule has 0 unspecified atom stereocenters. The van der Waals surface area contributed by atoms with Crippen LogP contribution in [-0.4, -0.2) is 40.6 Å². The monoisotopic (exact) mass is 265 g/mol. The molecule has 0 amide bonds. The summed E-state index contributed by atoms with van der Waals surface area (Å²) in [5.74, 6) is -0.0477. The van der Waals surface area contributed by atoms with Gasteiger partial charge in [0.15, 0.2) is 0 Å². The lowest BCUT2D eigenvalue weighted by molar-refractivity contribution is 0.0678. The Balaban J connectivity index is 4.17. The first-order valence-electron chi connectivity index (χ1n) is 5.62. The number of allylic oxidation sites excluding steroid dienone is 1. The van der Waals surface area contributed by atoms with Crippen molar-refractivity contribution in [3.8, 4) is 0 Å². The van der Waals surface area contributed by atoms with Crippen molar-refractivity contribution in [3.05, 3.63) is 12.7 Å². The molecule has 6 heteroatoms. The minimum atomic E-state index is -3.54. The van der Waals surface area contributed by atoms with Gasteiger partial charge in [0.1, 0.15) is 0 Å². The van der Waals surface area contributed by atoms with E-state index < -0.39 is 15.3 Å². The minimum absolute atomic E-state index is 0.0477. The average molecular weight is 265 g/mol. The Labute approximate surface area is 104 Å². The lowest BCUT2D eigenvalue weighted by Crippen LogP contribution is -2.35. The molecule has 0 aromatic carbocycles. The average Bonchev–Trinajstić information content (AvgIpc) is 2.21. The fourth-order valence-corrected chi connectivity index (χ4v) is 2.81. The van der Waals surface area contributed by atoms with Crippen molar-refractivity contribution < 1.29 is 17.9 Å². The fraction of sp³-hybridized carbons (Fsp3) is 0.818. The number of primary sulfonamides is 1. The van der Waals surface area contributed by atoms with Gasteiger partial charge in [0.25, 0.3) is 0 Å². The molecular formula is C11H23NO4S. The Morgan fingerprint density at radius 1 is 1.35 bits per heavy atom. The highest BCUT2D eigenvalue weighted by molar-refractivity contribution is 7.89. The van der Waals surface area contributed by atoms with Crippen LogP contribution in [0.15, 0.2) is 12.7 Å². The zero-order chi connectivity index (χ0) is 13.3. The van der Waals surface area contributed by atoms with E-state index in [1.54, 1.807) is 13.2 Å². The van der Waals surface area contributed by atoms with Gasteiger partial charge in [0.05, 0.1) is 18.5 Å². The first kappa shape index (κ1) is 16.6. The molecule has 2 N–H and O–H groups in total. The molecular weight excluding hydrogens is 242 g/mol. The summed E-state index contributed by atoms with van der Waals surface area (Å²) in [7, 11) is -1.95. The van der Waals surface area contributed by atoms with Gasteiger partial charge in [-0.1, -0.05) is 13.0 Å². The molecule has 102 valence electrons. The normalized spacial score (nSPS) is 15.5. The molecule has 5 nitrogen and oxygen atoms in total. The van der Waals surface area contributed by atoms with Crippen molar-refractivity contribution in [1.82, 2.24) is 0 Å². The van der Waals surface area contributed by atoms with E-state index in [9.17, 15) is 8.42 Å². The zero-order valence-electron chi connectivity index (χ0n) is 10.6. The van der Waals surface area contributed by atoms with Crippen molar-refractivity contribution in [2.24, 2.45) is 11.1 Å². The summed E-state index contributed by atoms with van der Waals surface area (Å²) >= 11 is 0. The third-order valence-electron chi connectivity index (χ3n) is 2.57. The topological polar surface area (TPSA) is 78.6 Å². The molecule has 0 saturated heterocycles. The number of rotatable bonds is 10. The quantitative estimate of drug-likeness (QED) is 0.470. The standard InChI is InChI=1S/C11H23NO4S/c1-4-5-10(2)11(17(12,13)14)6-7-16-9-8-15-3/h4,10-11H,1,5-9H2,2-3H3,(H2,12,13,14)/t10-,11-/m0/s1. The van der Waals surface area contributed by atoms with Crippen LogP contribution in [-0.2, 0) is 19.5 Å². The molecule has 17 heavy (non-hydrogen) atoms. The number of hydrogen-bond donors (Lipinski definition) is 1. The van der Waals surface area contributed by atoms with Crippen LogP contribution in [0.3, 0.4) is 0 Å². The highest BCUT2D eigenvalue weighted by Gasteiger charge is 2.26. The Morgan fingerprint density at radius 3 is 2.47 bits per heavy atom. The van der Waals surface area contributed by atoms with Gasteiger partial charge in [0.2, 0.25) is 10.0 Å². The van der Waals surface area contributed by atoms with Crippen molar-refractivity contribution >= 4 is 10.0 Å². The second-order valence-electron chi connectivity index (χ2n) is 4.02. The van der Waals surface area contributed by atoms with Gasteiger partial charge >= 0.3 is 0 Å². The van der Waals surface area contributed by atoms with Crippen LogP contribution >= 0.6 is 0 Å². The van der Waals surface area contributed by atoms with E-state index in [0.29, 0.717) is 32.7 Å². The van der Waals surface area contributed by atoms with E-state index in [-0.39, 0.29) is 5.92 Å². The van der Waals surface area contributed by atoms with E-state index in [0.717, 1.165) is 0 Å². The minimum Gasteiger partial charge on any atom is -0.382 e. The van der Waals surface area contributed by atoms with Gasteiger partial charge in [-0.3, -0.25) is 0 Å². The summed E-state index contributed by atoms with van der Waals surface area (Å²) in [5, 5.41) is 4.63. The van der Waals surface area contributed by atoms with Crippen LogP contribution in [0, 0.1) is 5.92 Å². The highest BCUT2D eigenvalue weighted by Crippen LogP contribution is 2.18. The van der Waals surface area contributed by atoms with Crippen LogP contribution in [0.1, 0.15) is 19.8 Å². The maximum absolute atomic E-state index is 11.4. The Kier molecular flexibility index (Phi) is 8.41. The summed E-state index contributed by atoms with van der Waals surface area (Å²) in [5.41, 5.74) is 0. The zero-order valence-corrected chi connectivity index (χ0v) is 11.4. The van der Waals surface area contributed by atoms with Crippen LogP contribution in [0.5, 0.6) is 0 Å². The van der Waals surface area contributed by atoms with E-state index in [1.807, 2.05) is 6.92 Å². The molecule has 0 heterocycles. The molecule has 0 rings (SSSR count). The van der Waals surface area contributed by atoms with E-state index in [1.165, 1.54) is 0 Å². The molecule has 0 bridgehead atoms. The van der Waals surface area contributed by atoms with Crippen LogP contribution < -0.4 is 5.14 Å². The second kappa shape index (κ2) is 8.63. The predicted molar refractivity (Wildman–Crippen MR) is 68.2 cm³/mol. The van der Waals surface area contributed by atoms with E-state index in [4.69, 9.17) is 14.6 Å². The number of hydrogen-bond acceptors (Lipinski definition) is 4. The maximum Gasteiger partial charge on any atom is 0.212 e. The molecule has 0 aliphatic rings. The van der Waals surface area contributed by atoms with Crippen molar-refractivity contribution in [1.29, 1.82) is 0 Å². The number of nitrogens with two attached hydrogens (primary N) is 1. The summed E-state index contributed by atoms with van der Waals surface area (Å²) in [6, 6.07) is 0. The second-order valence-corrected chi connectivity index (χ2v) is 5.81. The highest BCUT2D eigenvalue weighted by atomic mass is 32.2. The first-order valence-corrected chi connectivity index (χ1v) is 7.23. The summed E-state index contributed by atoms with van der Waals surface area (Å²) in [4.78, 5) is 0. The number of methoxy groups -OCH3 is 1. The van der Waals surface area contributed by atoms with Crippen molar-refractivity contribution in [2.75, 3.05) is 26.9 Å². The largest absolute Gasteiger partial charge is 0.382 e. The molecule has 0 radical (unpaired) electrons. The summed E-state index contributed by atoms with van der Waals surface area (Å²) in [6.07, 6.45) is 2.73. The summed E-state index contributed by atoms with van der Waals surface area (Å²) < 4.78 is 32.9. The molecule has 2 atom stereocenters. The first-order chi connectivity index (χ1) is 7.93. The van der Waals surface area contributed by atoms with Crippen molar-refractivity contribution in [3.63, 3.8) is 0 Å². The summed E-state index contributed by atoms with van der Waals surface area (Å²) in [6.45, 7) is 6.79. The molecule has 0 spiro atoms. The Hall–Kier alpha value is -0.430. The third kappa shape index (κ3) is 7.49. The van der Waals surface area contributed by atoms with Gasteiger partial charge in [-0.25, -0.2) is 13.6 Å². The van der Waals surface area contributed by atoms with Gasteiger partial charge < -0.3 is 9.47 Å². The molecule has 0 fully saturated rings. The molecule has 0 aliphatic carbocycles. The molecule has 0 saturated carbocycles. The number of ether oxygens (including phenoxy) is 2. The van der Waals surface area contributed by atoms with Gasteiger partial charge in [-0.15, -0.1) is 6.58 Å². The van der Waals surface area contributed by atoms with Crippen LogP contribution in [0.2, 0.25) is 0 Å². The maximum atomic E-state index is 11.4. The predicted octanol–water partition coefficient (Wildman–Crippen LogP) is 0.909. The van der Waals surface area contributed by atoms with Gasteiger partial charge in [-0.05, 0) is 18.8 Å². The lowest BCUT2D eigenvalue weighted by Gasteiger charge is -2.20. The van der Waals surface area contributed by atoms with Crippen LogP contribution in [0.4, 0.5) is 0 Å². The van der Waals surface area contributed by atoms with Crippen molar-refractivity contribution in [2.45, 2.75) is 25.0 Å². The molecule has 0 aromatic rings. The molecule has 0 aromatic heterocycles. The third-order valence-corrected chi connectivity index (χ3v) is 4.12. The van der Waals surface area contributed by atoms with E-state index in [2.05, 4.69) is 6.58 Å². The smallest absolute Gasteiger partial charge is 0.212 e. The number of sulfonamides is 1. The van der Waals surface area contributed by atoms with Gasteiger partial charge in [0, 0.05) is 13.7 Å². The SMILES string of the molecule is C=CC[C@H](C)[C@H](CCOCCOC)S(N)(=O)=O.